The highest BCUT2D eigenvalue weighted by Gasteiger charge is 2.24. The van der Waals surface area contributed by atoms with Gasteiger partial charge in [0.2, 0.25) is 0 Å². The van der Waals surface area contributed by atoms with Crippen LogP contribution in [0.15, 0.2) is 11.2 Å². The third-order valence-electron chi connectivity index (χ3n) is 3.44. The molecule has 1 fully saturated rings. The SMILES string of the molecule is CSc1nc(N)cc(NC2CC(C)CC(C)C2)n1. The van der Waals surface area contributed by atoms with Crippen molar-refractivity contribution in [1.29, 1.82) is 0 Å². The van der Waals surface area contributed by atoms with Gasteiger partial charge in [0, 0.05) is 12.1 Å². The van der Waals surface area contributed by atoms with Crippen LogP contribution in [0.5, 0.6) is 0 Å². The van der Waals surface area contributed by atoms with Crippen LogP contribution in [0.2, 0.25) is 0 Å². The van der Waals surface area contributed by atoms with Crippen molar-refractivity contribution >= 4 is 23.4 Å². The number of hydrogen-bond acceptors (Lipinski definition) is 5. The van der Waals surface area contributed by atoms with Crippen LogP contribution in [0.4, 0.5) is 11.6 Å². The fourth-order valence-corrected chi connectivity index (χ4v) is 3.27. The van der Waals surface area contributed by atoms with E-state index < -0.39 is 0 Å². The second-order valence-corrected chi connectivity index (χ2v) is 6.20. The summed E-state index contributed by atoms with van der Waals surface area (Å²) in [6, 6.07) is 2.33. The van der Waals surface area contributed by atoms with Crippen LogP contribution in [0.25, 0.3) is 0 Å². The van der Waals surface area contributed by atoms with E-state index in [1.165, 1.54) is 31.0 Å². The predicted octanol–water partition coefficient (Wildman–Crippen LogP) is 3.02. The van der Waals surface area contributed by atoms with Gasteiger partial charge in [0.15, 0.2) is 5.16 Å². The number of nitrogens with two attached hydrogens (primary N) is 1. The Bertz CT molecular complexity index is 400. The molecule has 0 aromatic carbocycles. The first kappa shape index (κ1) is 13.5. The zero-order valence-electron chi connectivity index (χ0n) is 11.3. The molecule has 0 radical (unpaired) electrons. The van der Waals surface area contributed by atoms with E-state index in [9.17, 15) is 0 Å². The summed E-state index contributed by atoms with van der Waals surface area (Å²) in [6.07, 6.45) is 5.72. The number of anilines is 2. The predicted molar refractivity (Wildman–Crippen MR) is 77.8 cm³/mol. The molecule has 1 heterocycles. The molecular weight excluding hydrogens is 244 g/mol. The molecule has 5 heteroatoms. The van der Waals surface area contributed by atoms with Crippen LogP contribution < -0.4 is 11.1 Å². The minimum absolute atomic E-state index is 0.507. The maximum atomic E-state index is 5.79. The number of rotatable bonds is 3. The largest absolute Gasteiger partial charge is 0.383 e. The molecule has 1 aromatic rings. The number of thioether (sulfide) groups is 1. The van der Waals surface area contributed by atoms with Gasteiger partial charge in [-0.05, 0) is 37.4 Å². The van der Waals surface area contributed by atoms with Crippen molar-refractivity contribution in [2.24, 2.45) is 11.8 Å². The van der Waals surface area contributed by atoms with Gasteiger partial charge in [0.05, 0.1) is 0 Å². The highest BCUT2D eigenvalue weighted by Crippen LogP contribution is 2.30. The highest BCUT2D eigenvalue weighted by molar-refractivity contribution is 7.98. The number of hydrogen-bond donors (Lipinski definition) is 2. The molecule has 100 valence electrons. The molecule has 3 N–H and O–H groups in total. The zero-order chi connectivity index (χ0) is 13.1. The molecule has 1 aromatic heterocycles. The Hall–Kier alpha value is -0.970. The minimum atomic E-state index is 0.507. The van der Waals surface area contributed by atoms with Gasteiger partial charge in [-0.15, -0.1) is 0 Å². The number of nitrogens with zero attached hydrogens (tertiary/aromatic N) is 2. The fraction of sp³-hybridized carbons (Fsp3) is 0.692. The summed E-state index contributed by atoms with van der Waals surface area (Å²) in [5.41, 5.74) is 5.79. The van der Waals surface area contributed by atoms with E-state index in [1.807, 2.05) is 12.3 Å². The lowest BCUT2D eigenvalue weighted by molar-refractivity contribution is 0.280. The van der Waals surface area contributed by atoms with Gasteiger partial charge in [-0.1, -0.05) is 25.6 Å². The summed E-state index contributed by atoms with van der Waals surface area (Å²) < 4.78 is 0. The Balaban J connectivity index is 2.06. The monoisotopic (exact) mass is 266 g/mol. The Labute approximate surface area is 113 Å². The summed E-state index contributed by atoms with van der Waals surface area (Å²) in [5.74, 6) is 2.96. The van der Waals surface area contributed by atoms with Crippen molar-refractivity contribution in [1.82, 2.24) is 9.97 Å². The minimum Gasteiger partial charge on any atom is -0.383 e. The van der Waals surface area contributed by atoms with Gasteiger partial charge in [-0.3, -0.25) is 0 Å². The van der Waals surface area contributed by atoms with Gasteiger partial charge in [-0.2, -0.15) is 0 Å². The third kappa shape index (κ3) is 3.51. The van der Waals surface area contributed by atoms with E-state index in [-0.39, 0.29) is 0 Å². The van der Waals surface area contributed by atoms with E-state index in [1.54, 1.807) is 0 Å². The van der Waals surface area contributed by atoms with Crippen LogP contribution in [0.1, 0.15) is 33.1 Å². The fourth-order valence-electron chi connectivity index (χ4n) is 2.88. The van der Waals surface area contributed by atoms with Crippen LogP contribution in [-0.2, 0) is 0 Å². The maximum Gasteiger partial charge on any atom is 0.191 e. The van der Waals surface area contributed by atoms with Crippen molar-refractivity contribution < 1.29 is 0 Å². The average Bonchev–Trinajstić information content (AvgIpc) is 2.26. The number of aromatic nitrogens is 2. The molecular formula is C13H22N4S. The van der Waals surface area contributed by atoms with E-state index in [4.69, 9.17) is 5.73 Å². The van der Waals surface area contributed by atoms with Crippen molar-refractivity contribution in [3.05, 3.63) is 6.07 Å². The first-order valence-corrected chi connectivity index (χ1v) is 7.74. The smallest absolute Gasteiger partial charge is 0.191 e. The lowest BCUT2D eigenvalue weighted by Crippen LogP contribution is -2.30. The van der Waals surface area contributed by atoms with Crippen LogP contribution >= 0.6 is 11.8 Å². The zero-order valence-corrected chi connectivity index (χ0v) is 12.1. The highest BCUT2D eigenvalue weighted by atomic mass is 32.2. The Morgan fingerprint density at radius 2 is 1.89 bits per heavy atom. The molecule has 1 aliphatic rings. The lowest BCUT2D eigenvalue weighted by atomic mass is 9.80. The Morgan fingerprint density at radius 1 is 1.22 bits per heavy atom. The van der Waals surface area contributed by atoms with Gasteiger partial charge < -0.3 is 11.1 Å². The molecule has 4 nitrogen and oxygen atoms in total. The average molecular weight is 266 g/mol. The first-order chi connectivity index (χ1) is 8.56. The van der Waals surface area contributed by atoms with Crippen molar-refractivity contribution in [3.8, 4) is 0 Å². The topological polar surface area (TPSA) is 63.8 Å². The van der Waals surface area contributed by atoms with E-state index in [0.717, 1.165) is 22.8 Å². The molecule has 18 heavy (non-hydrogen) atoms. The van der Waals surface area contributed by atoms with E-state index in [2.05, 4.69) is 29.1 Å². The molecule has 2 atom stereocenters. The maximum absolute atomic E-state index is 5.79. The molecule has 0 saturated heterocycles. The van der Waals surface area contributed by atoms with E-state index >= 15 is 0 Å². The summed E-state index contributed by atoms with van der Waals surface area (Å²) in [6.45, 7) is 4.65. The standard InChI is InChI=1S/C13H22N4S/c1-8-4-9(2)6-10(5-8)15-12-7-11(14)16-13(17-12)18-3/h7-10H,4-6H2,1-3H3,(H3,14,15,16,17). The Morgan fingerprint density at radius 3 is 2.50 bits per heavy atom. The summed E-state index contributed by atoms with van der Waals surface area (Å²) in [4.78, 5) is 8.62. The summed E-state index contributed by atoms with van der Waals surface area (Å²) in [7, 11) is 0. The Kier molecular flexibility index (Phi) is 4.32. The number of nitrogens with one attached hydrogen (secondary N) is 1. The van der Waals surface area contributed by atoms with Gasteiger partial charge in [0.25, 0.3) is 0 Å². The van der Waals surface area contributed by atoms with Crippen molar-refractivity contribution in [2.45, 2.75) is 44.3 Å². The van der Waals surface area contributed by atoms with Gasteiger partial charge in [0.1, 0.15) is 11.6 Å². The molecule has 0 spiro atoms. The first-order valence-electron chi connectivity index (χ1n) is 6.52. The number of nitrogen functional groups attached to an aromatic ring is 1. The van der Waals surface area contributed by atoms with Crippen LogP contribution in [0, 0.1) is 11.8 Å². The molecule has 1 saturated carbocycles. The van der Waals surface area contributed by atoms with Gasteiger partial charge in [-0.25, -0.2) is 9.97 Å². The normalized spacial score (nSPS) is 28.1. The lowest BCUT2D eigenvalue weighted by Gasteiger charge is -2.32. The molecule has 0 bridgehead atoms. The quantitative estimate of drug-likeness (QED) is 0.650. The molecule has 2 unspecified atom stereocenters. The second-order valence-electron chi connectivity index (χ2n) is 5.42. The van der Waals surface area contributed by atoms with Crippen LogP contribution in [0.3, 0.4) is 0 Å². The van der Waals surface area contributed by atoms with E-state index in [0.29, 0.717) is 11.9 Å². The van der Waals surface area contributed by atoms with Crippen LogP contribution in [-0.4, -0.2) is 22.3 Å². The molecule has 1 aliphatic carbocycles. The molecule has 0 amide bonds. The van der Waals surface area contributed by atoms with Crippen molar-refractivity contribution in [3.63, 3.8) is 0 Å². The molecule has 0 aliphatic heterocycles. The molecule has 2 rings (SSSR count). The third-order valence-corrected chi connectivity index (χ3v) is 3.99. The second kappa shape index (κ2) is 5.78. The van der Waals surface area contributed by atoms with Crippen molar-refractivity contribution in [2.75, 3.05) is 17.3 Å². The summed E-state index contributed by atoms with van der Waals surface area (Å²) >= 11 is 1.52. The summed E-state index contributed by atoms with van der Waals surface area (Å²) in [5, 5.41) is 4.24. The van der Waals surface area contributed by atoms with Gasteiger partial charge >= 0.3 is 0 Å².